The number of oxazole rings is 1. The van der Waals surface area contributed by atoms with E-state index in [4.69, 9.17) is 14.9 Å². The third-order valence-corrected chi connectivity index (χ3v) is 2.40. The van der Waals surface area contributed by atoms with Crippen molar-refractivity contribution in [3.05, 3.63) is 18.2 Å². The van der Waals surface area contributed by atoms with Crippen LogP contribution in [0.4, 0.5) is 11.7 Å². The molecule has 0 unspecified atom stereocenters. The Morgan fingerprint density at radius 3 is 3.12 bits per heavy atom. The summed E-state index contributed by atoms with van der Waals surface area (Å²) in [5, 5.41) is 3.11. The number of benzene rings is 1. The van der Waals surface area contributed by atoms with E-state index in [1.165, 1.54) is 0 Å². The molecule has 0 atom stereocenters. The highest BCUT2D eigenvalue weighted by Gasteiger charge is 2.06. The van der Waals surface area contributed by atoms with Gasteiger partial charge in [0.1, 0.15) is 5.52 Å². The Morgan fingerprint density at radius 2 is 2.35 bits per heavy atom. The molecular weight excluding hydrogens is 218 g/mol. The Morgan fingerprint density at radius 1 is 1.47 bits per heavy atom. The number of hydrogen-bond acceptors (Lipinski definition) is 5. The number of hydrogen-bond donors (Lipinski definition) is 2. The molecule has 0 saturated heterocycles. The van der Waals surface area contributed by atoms with Crippen molar-refractivity contribution >= 4 is 22.8 Å². The highest BCUT2D eigenvalue weighted by Crippen LogP contribution is 2.23. The average molecular weight is 235 g/mol. The molecule has 1 aromatic carbocycles. The van der Waals surface area contributed by atoms with E-state index in [0.717, 1.165) is 26.2 Å². The van der Waals surface area contributed by atoms with Crippen molar-refractivity contribution in [1.82, 2.24) is 4.98 Å². The number of anilines is 2. The zero-order valence-electron chi connectivity index (χ0n) is 9.90. The fraction of sp³-hybridized carbons (Fsp3) is 0.417. The van der Waals surface area contributed by atoms with E-state index in [0.29, 0.717) is 22.8 Å². The normalized spacial score (nSPS) is 10.9. The molecule has 92 valence electrons. The quantitative estimate of drug-likeness (QED) is 0.593. The molecule has 0 aliphatic heterocycles. The van der Waals surface area contributed by atoms with Gasteiger partial charge in [-0.05, 0) is 25.5 Å². The molecule has 2 aromatic rings. The molecule has 0 bridgehead atoms. The van der Waals surface area contributed by atoms with Crippen molar-refractivity contribution in [2.24, 2.45) is 0 Å². The van der Waals surface area contributed by atoms with Crippen LogP contribution in [0.3, 0.4) is 0 Å². The summed E-state index contributed by atoms with van der Waals surface area (Å²) in [5.74, 6) is 0. The first kappa shape index (κ1) is 11.7. The number of nitrogen functional groups attached to an aromatic ring is 1. The van der Waals surface area contributed by atoms with Crippen LogP contribution in [-0.4, -0.2) is 24.7 Å². The predicted octanol–water partition coefficient (Wildman–Crippen LogP) is 2.25. The van der Waals surface area contributed by atoms with Crippen molar-refractivity contribution in [2.45, 2.75) is 13.3 Å². The summed E-state index contributed by atoms with van der Waals surface area (Å²) >= 11 is 0. The minimum atomic E-state index is 0.509. The fourth-order valence-corrected chi connectivity index (χ4v) is 1.56. The maximum Gasteiger partial charge on any atom is 0.295 e. The lowest BCUT2D eigenvalue weighted by atomic mass is 10.3. The number of rotatable bonds is 6. The third-order valence-electron chi connectivity index (χ3n) is 2.40. The van der Waals surface area contributed by atoms with Crippen molar-refractivity contribution in [1.29, 1.82) is 0 Å². The van der Waals surface area contributed by atoms with Gasteiger partial charge in [-0.15, -0.1) is 0 Å². The van der Waals surface area contributed by atoms with Crippen LogP contribution in [0.25, 0.3) is 11.1 Å². The number of para-hydroxylation sites is 1. The van der Waals surface area contributed by atoms with Crippen molar-refractivity contribution in [3.63, 3.8) is 0 Å². The van der Waals surface area contributed by atoms with Crippen molar-refractivity contribution in [2.75, 3.05) is 30.8 Å². The van der Waals surface area contributed by atoms with E-state index in [1.807, 2.05) is 25.1 Å². The van der Waals surface area contributed by atoms with E-state index in [1.54, 1.807) is 0 Å². The van der Waals surface area contributed by atoms with Gasteiger partial charge < -0.3 is 20.2 Å². The van der Waals surface area contributed by atoms with E-state index in [-0.39, 0.29) is 0 Å². The number of nitrogens with one attached hydrogen (secondary N) is 1. The number of ether oxygens (including phenoxy) is 1. The van der Waals surface area contributed by atoms with E-state index in [9.17, 15) is 0 Å². The van der Waals surface area contributed by atoms with Crippen LogP contribution in [0.2, 0.25) is 0 Å². The Bertz CT molecular complexity index is 482. The molecule has 0 fully saturated rings. The smallest absolute Gasteiger partial charge is 0.295 e. The van der Waals surface area contributed by atoms with Gasteiger partial charge in [0.05, 0.1) is 5.69 Å². The molecule has 5 heteroatoms. The lowest BCUT2D eigenvalue weighted by Gasteiger charge is -2.01. The SMILES string of the molecule is CCOCCCNc1nc2c(N)cccc2o1. The van der Waals surface area contributed by atoms with Gasteiger partial charge in [0.2, 0.25) is 0 Å². The number of aromatic nitrogens is 1. The summed E-state index contributed by atoms with van der Waals surface area (Å²) in [6.07, 6.45) is 0.919. The molecule has 0 saturated carbocycles. The summed E-state index contributed by atoms with van der Waals surface area (Å²) in [6.45, 7) is 4.25. The van der Waals surface area contributed by atoms with Crippen LogP contribution in [0, 0.1) is 0 Å². The highest BCUT2D eigenvalue weighted by molar-refractivity contribution is 5.86. The van der Waals surface area contributed by atoms with Crippen molar-refractivity contribution < 1.29 is 9.15 Å². The second kappa shape index (κ2) is 5.54. The molecular formula is C12H17N3O2. The molecule has 0 spiro atoms. The summed E-state index contributed by atoms with van der Waals surface area (Å²) in [7, 11) is 0. The van der Waals surface area contributed by atoms with Crippen LogP contribution >= 0.6 is 0 Å². The summed E-state index contributed by atoms with van der Waals surface area (Å²) < 4.78 is 10.8. The molecule has 1 heterocycles. The lowest BCUT2D eigenvalue weighted by molar-refractivity contribution is 0.147. The van der Waals surface area contributed by atoms with Crippen molar-refractivity contribution in [3.8, 4) is 0 Å². The topological polar surface area (TPSA) is 73.3 Å². The largest absolute Gasteiger partial charge is 0.423 e. The number of fused-ring (bicyclic) bond motifs is 1. The van der Waals surface area contributed by atoms with Crippen LogP contribution in [0.1, 0.15) is 13.3 Å². The zero-order valence-corrected chi connectivity index (χ0v) is 9.90. The zero-order chi connectivity index (χ0) is 12.1. The minimum Gasteiger partial charge on any atom is -0.423 e. The summed E-state index contributed by atoms with van der Waals surface area (Å²) in [5.41, 5.74) is 7.84. The van der Waals surface area contributed by atoms with Gasteiger partial charge >= 0.3 is 0 Å². The van der Waals surface area contributed by atoms with E-state index in [2.05, 4.69) is 10.3 Å². The molecule has 0 aliphatic carbocycles. The first-order valence-electron chi connectivity index (χ1n) is 5.78. The van der Waals surface area contributed by atoms with Gasteiger partial charge in [0.15, 0.2) is 5.58 Å². The van der Waals surface area contributed by atoms with Gasteiger partial charge in [-0.1, -0.05) is 6.07 Å². The Hall–Kier alpha value is -1.75. The Kier molecular flexibility index (Phi) is 3.82. The number of nitrogens with zero attached hydrogens (tertiary/aromatic N) is 1. The van der Waals surface area contributed by atoms with Crippen LogP contribution < -0.4 is 11.1 Å². The average Bonchev–Trinajstić information content (AvgIpc) is 2.73. The summed E-state index contributed by atoms with van der Waals surface area (Å²) in [6, 6.07) is 6.02. The van der Waals surface area contributed by atoms with Gasteiger partial charge in [0, 0.05) is 19.8 Å². The monoisotopic (exact) mass is 235 g/mol. The number of nitrogens with two attached hydrogens (primary N) is 1. The predicted molar refractivity (Wildman–Crippen MR) is 68.0 cm³/mol. The van der Waals surface area contributed by atoms with Gasteiger partial charge in [-0.25, -0.2) is 0 Å². The Labute approximate surface area is 100.0 Å². The van der Waals surface area contributed by atoms with Crippen LogP contribution in [0.5, 0.6) is 0 Å². The van der Waals surface area contributed by atoms with Gasteiger partial charge in [0.25, 0.3) is 6.01 Å². The van der Waals surface area contributed by atoms with Crippen LogP contribution in [-0.2, 0) is 4.74 Å². The molecule has 0 aliphatic rings. The standard InChI is InChI=1S/C12H17N3O2/c1-2-16-8-4-7-14-12-15-11-9(13)5-3-6-10(11)17-12/h3,5-6H,2,4,7-8,13H2,1H3,(H,14,15). The van der Waals surface area contributed by atoms with Gasteiger partial charge in [-0.2, -0.15) is 4.98 Å². The second-order valence-electron chi connectivity index (χ2n) is 3.69. The van der Waals surface area contributed by atoms with Crippen LogP contribution in [0.15, 0.2) is 22.6 Å². The molecule has 2 rings (SSSR count). The Balaban J connectivity index is 1.93. The third kappa shape index (κ3) is 2.88. The lowest BCUT2D eigenvalue weighted by Crippen LogP contribution is -2.05. The first-order chi connectivity index (χ1) is 8.31. The minimum absolute atomic E-state index is 0.509. The molecule has 0 radical (unpaired) electrons. The maximum absolute atomic E-state index is 5.79. The second-order valence-corrected chi connectivity index (χ2v) is 3.69. The molecule has 1 aromatic heterocycles. The maximum atomic E-state index is 5.79. The molecule has 5 nitrogen and oxygen atoms in total. The molecule has 17 heavy (non-hydrogen) atoms. The fourth-order valence-electron chi connectivity index (χ4n) is 1.56. The molecule has 0 amide bonds. The molecule has 3 N–H and O–H groups in total. The first-order valence-corrected chi connectivity index (χ1v) is 5.78. The van der Waals surface area contributed by atoms with E-state index >= 15 is 0 Å². The van der Waals surface area contributed by atoms with E-state index < -0.39 is 0 Å². The van der Waals surface area contributed by atoms with Gasteiger partial charge in [-0.3, -0.25) is 0 Å². The summed E-state index contributed by atoms with van der Waals surface area (Å²) in [4.78, 5) is 4.29. The highest BCUT2D eigenvalue weighted by atomic mass is 16.5.